The van der Waals surface area contributed by atoms with E-state index < -0.39 is 42.1 Å². The molecule has 0 N–H and O–H groups in total. The lowest BCUT2D eigenvalue weighted by Gasteiger charge is -2.17. The SMILES string of the molecule is O=C([O-])CCC(=O)[C@@H]1CC(=O)O[C@@H]1C(=O)[O-]. The molecule has 0 aromatic carbocycles. The molecule has 0 aliphatic carbocycles. The van der Waals surface area contributed by atoms with Crippen molar-refractivity contribution in [2.24, 2.45) is 5.92 Å². The summed E-state index contributed by atoms with van der Waals surface area (Å²) in [6.07, 6.45) is -2.86. The molecule has 7 heteroatoms. The molecular formula is C9H8O7-2. The lowest BCUT2D eigenvalue weighted by atomic mass is 9.93. The van der Waals surface area contributed by atoms with E-state index in [1.165, 1.54) is 0 Å². The summed E-state index contributed by atoms with van der Waals surface area (Å²) in [5.74, 6) is -5.68. The Kier molecular flexibility index (Phi) is 3.60. The minimum absolute atomic E-state index is 0.357. The highest BCUT2D eigenvalue weighted by Gasteiger charge is 2.39. The van der Waals surface area contributed by atoms with Crippen LogP contribution >= 0.6 is 0 Å². The Hall–Kier alpha value is -1.92. The van der Waals surface area contributed by atoms with Crippen molar-refractivity contribution < 1.29 is 34.1 Å². The molecule has 1 fully saturated rings. The molecule has 1 aliphatic rings. The van der Waals surface area contributed by atoms with Gasteiger partial charge < -0.3 is 24.5 Å². The average molecular weight is 228 g/mol. The normalized spacial score (nSPS) is 23.9. The van der Waals surface area contributed by atoms with E-state index in [-0.39, 0.29) is 12.8 Å². The van der Waals surface area contributed by atoms with Gasteiger partial charge in [-0.25, -0.2) is 0 Å². The molecule has 0 unspecified atom stereocenters. The number of hydrogen-bond acceptors (Lipinski definition) is 7. The van der Waals surface area contributed by atoms with Crippen molar-refractivity contribution in [2.45, 2.75) is 25.4 Å². The number of carbonyl (C=O) groups excluding carboxylic acids is 4. The first kappa shape index (κ1) is 12.2. The van der Waals surface area contributed by atoms with Gasteiger partial charge in [0.2, 0.25) is 0 Å². The summed E-state index contributed by atoms with van der Waals surface area (Å²) in [5.41, 5.74) is 0. The van der Waals surface area contributed by atoms with Gasteiger partial charge in [0.15, 0.2) is 6.10 Å². The van der Waals surface area contributed by atoms with Gasteiger partial charge in [0.05, 0.1) is 18.3 Å². The second kappa shape index (κ2) is 4.73. The van der Waals surface area contributed by atoms with E-state index in [0.29, 0.717) is 0 Å². The van der Waals surface area contributed by atoms with Crippen LogP contribution in [0.4, 0.5) is 0 Å². The first-order valence-corrected chi connectivity index (χ1v) is 4.54. The lowest BCUT2D eigenvalue weighted by molar-refractivity contribution is -0.315. The van der Waals surface area contributed by atoms with E-state index in [1.54, 1.807) is 0 Å². The molecule has 0 radical (unpaired) electrons. The fraction of sp³-hybridized carbons (Fsp3) is 0.556. The number of carboxylic acids is 2. The Morgan fingerprint density at radius 2 is 1.88 bits per heavy atom. The summed E-state index contributed by atoms with van der Waals surface area (Å²) in [7, 11) is 0. The van der Waals surface area contributed by atoms with Crippen LogP contribution in [0.5, 0.6) is 0 Å². The Morgan fingerprint density at radius 3 is 2.38 bits per heavy atom. The van der Waals surface area contributed by atoms with Crippen LogP contribution in [0, 0.1) is 5.92 Å². The Labute approximate surface area is 90.0 Å². The summed E-state index contributed by atoms with van der Waals surface area (Å²) in [6.45, 7) is 0. The summed E-state index contributed by atoms with van der Waals surface area (Å²) in [5, 5.41) is 20.6. The molecule has 88 valence electrons. The van der Waals surface area contributed by atoms with Gasteiger partial charge in [-0.3, -0.25) is 9.59 Å². The Bertz CT molecular complexity index is 346. The first-order valence-electron chi connectivity index (χ1n) is 4.54. The summed E-state index contributed by atoms with van der Waals surface area (Å²) >= 11 is 0. The maximum atomic E-state index is 11.4. The molecule has 7 nitrogen and oxygen atoms in total. The Morgan fingerprint density at radius 1 is 1.25 bits per heavy atom. The Balaban J connectivity index is 2.63. The van der Waals surface area contributed by atoms with Gasteiger partial charge in [-0.2, -0.15) is 0 Å². The monoisotopic (exact) mass is 228 g/mol. The number of aliphatic carboxylic acids is 2. The van der Waals surface area contributed by atoms with Crippen LogP contribution in [-0.2, 0) is 23.9 Å². The van der Waals surface area contributed by atoms with Crippen LogP contribution in [0.25, 0.3) is 0 Å². The van der Waals surface area contributed by atoms with Crippen molar-refractivity contribution in [1.29, 1.82) is 0 Å². The van der Waals surface area contributed by atoms with E-state index >= 15 is 0 Å². The molecule has 1 saturated heterocycles. The molecule has 0 saturated carbocycles. The third kappa shape index (κ3) is 2.78. The van der Waals surface area contributed by atoms with Crippen molar-refractivity contribution >= 4 is 23.7 Å². The van der Waals surface area contributed by atoms with Gasteiger partial charge >= 0.3 is 5.97 Å². The molecule has 0 bridgehead atoms. The molecule has 0 aromatic heterocycles. The number of ketones is 1. The minimum atomic E-state index is -1.65. The van der Waals surface area contributed by atoms with E-state index in [4.69, 9.17) is 0 Å². The third-order valence-electron chi connectivity index (χ3n) is 2.23. The average Bonchev–Trinajstić information content (AvgIpc) is 2.56. The van der Waals surface area contributed by atoms with Crippen LogP contribution in [0.15, 0.2) is 0 Å². The molecule has 1 heterocycles. The van der Waals surface area contributed by atoms with Gasteiger partial charge in [-0.15, -0.1) is 0 Å². The zero-order valence-corrected chi connectivity index (χ0v) is 8.13. The topological polar surface area (TPSA) is 124 Å². The predicted octanol–water partition coefficient (Wildman–Crippen LogP) is -3.23. The van der Waals surface area contributed by atoms with Crippen molar-refractivity contribution in [1.82, 2.24) is 0 Å². The van der Waals surface area contributed by atoms with Crippen molar-refractivity contribution in [3.63, 3.8) is 0 Å². The van der Waals surface area contributed by atoms with Gasteiger partial charge in [0.25, 0.3) is 0 Å². The zero-order valence-electron chi connectivity index (χ0n) is 8.13. The van der Waals surface area contributed by atoms with Gasteiger partial charge in [0.1, 0.15) is 5.78 Å². The molecule has 16 heavy (non-hydrogen) atoms. The maximum Gasteiger partial charge on any atom is 0.307 e. The number of hydrogen-bond donors (Lipinski definition) is 0. The number of carbonyl (C=O) groups is 4. The first-order chi connectivity index (χ1) is 7.41. The van der Waals surface area contributed by atoms with Gasteiger partial charge in [-0.1, -0.05) is 0 Å². The standard InChI is InChI=1S/C9H10O7/c10-5(1-2-6(11)12)4-3-7(13)16-8(4)9(14)15/h4,8H,1-3H2,(H,11,12)(H,14,15)/p-2/t4-,8-/m0/s1. The highest BCUT2D eigenvalue weighted by Crippen LogP contribution is 2.24. The van der Waals surface area contributed by atoms with E-state index in [0.717, 1.165) is 0 Å². The van der Waals surface area contributed by atoms with E-state index in [1.807, 2.05) is 0 Å². The van der Waals surface area contributed by atoms with Crippen LogP contribution in [0.2, 0.25) is 0 Å². The molecule has 0 spiro atoms. The highest BCUT2D eigenvalue weighted by molar-refractivity contribution is 5.94. The third-order valence-corrected chi connectivity index (χ3v) is 2.23. The van der Waals surface area contributed by atoms with Crippen LogP contribution in [0.1, 0.15) is 19.3 Å². The molecule has 1 rings (SSSR count). The summed E-state index contributed by atoms with van der Waals surface area (Å²) < 4.78 is 4.38. The molecule has 0 aromatic rings. The molecule has 1 aliphatic heterocycles. The summed E-state index contributed by atoms with van der Waals surface area (Å²) in [4.78, 5) is 42.9. The number of rotatable bonds is 5. The molecular weight excluding hydrogens is 220 g/mol. The predicted molar refractivity (Wildman–Crippen MR) is 42.2 cm³/mol. The quantitative estimate of drug-likeness (QED) is 0.453. The maximum absolute atomic E-state index is 11.4. The molecule has 0 amide bonds. The number of ether oxygens (including phenoxy) is 1. The van der Waals surface area contributed by atoms with Crippen LogP contribution in [0.3, 0.4) is 0 Å². The van der Waals surface area contributed by atoms with Crippen LogP contribution < -0.4 is 10.2 Å². The van der Waals surface area contributed by atoms with Crippen molar-refractivity contribution in [3.8, 4) is 0 Å². The van der Waals surface area contributed by atoms with Crippen molar-refractivity contribution in [2.75, 3.05) is 0 Å². The van der Waals surface area contributed by atoms with Crippen LogP contribution in [-0.4, -0.2) is 29.8 Å². The second-order valence-corrected chi connectivity index (χ2v) is 3.38. The van der Waals surface area contributed by atoms with Gasteiger partial charge in [0, 0.05) is 12.4 Å². The fourth-order valence-corrected chi connectivity index (χ4v) is 1.46. The highest BCUT2D eigenvalue weighted by atomic mass is 16.6. The molecule has 2 atom stereocenters. The second-order valence-electron chi connectivity index (χ2n) is 3.38. The number of Topliss-reactive ketones (excluding diaryl/α,β-unsaturated/α-hetero) is 1. The number of carboxylic acid groups (broad SMARTS) is 2. The number of cyclic esters (lactones) is 1. The van der Waals surface area contributed by atoms with Gasteiger partial charge in [-0.05, 0) is 6.42 Å². The fourth-order valence-electron chi connectivity index (χ4n) is 1.46. The minimum Gasteiger partial charge on any atom is -0.550 e. The van der Waals surface area contributed by atoms with Crippen molar-refractivity contribution in [3.05, 3.63) is 0 Å². The van der Waals surface area contributed by atoms with E-state index in [9.17, 15) is 29.4 Å². The van der Waals surface area contributed by atoms with E-state index in [2.05, 4.69) is 4.74 Å². The number of esters is 1. The summed E-state index contributed by atoms with van der Waals surface area (Å²) in [6, 6.07) is 0. The smallest absolute Gasteiger partial charge is 0.307 e. The lowest BCUT2D eigenvalue weighted by Crippen LogP contribution is -2.41. The zero-order chi connectivity index (χ0) is 12.3. The largest absolute Gasteiger partial charge is 0.550 e.